The monoisotopic (exact) mass is 346 g/mol. The molecule has 0 saturated heterocycles. The first-order valence-corrected chi connectivity index (χ1v) is 9.08. The van der Waals surface area contributed by atoms with Gasteiger partial charge < -0.3 is 5.32 Å². The Labute approximate surface area is 143 Å². The van der Waals surface area contributed by atoms with E-state index in [4.69, 9.17) is 0 Å². The SMILES string of the molecule is CNS(=O)(=O)c1cc(NC(=O)C(C)(C)c2ccccc2)ccc1C. The van der Waals surface area contributed by atoms with Gasteiger partial charge in [0.15, 0.2) is 0 Å². The van der Waals surface area contributed by atoms with E-state index in [0.29, 0.717) is 11.3 Å². The molecule has 128 valence electrons. The van der Waals surface area contributed by atoms with Crippen molar-refractivity contribution in [1.29, 1.82) is 0 Å². The van der Waals surface area contributed by atoms with Crippen LogP contribution in [0.25, 0.3) is 0 Å². The lowest BCUT2D eigenvalue weighted by Gasteiger charge is -2.24. The highest BCUT2D eigenvalue weighted by Gasteiger charge is 2.30. The van der Waals surface area contributed by atoms with Crippen molar-refractivity contribution in [2.75, 3.05) is 12.4 Å². The molecule has 0 spiro atoms. The Bertz CT molecular complexity index is 844. The van der Waals surface area contributed by atoms with Crippen LogP contribution in [0.4, 0.5) is 5.69 Å². The average molecular weight is 346 g/mol. The van der Waals surface area contributed by atoms with Crippen LogP contribution in [0.5, 0.6) is 0 Å². The Kier molecular flexibility index (Phi) is 5.11. The zero-order chi connectivity index (χ0) is 18.0. The molecule has 0 aliphatic carbocycles. The summed E-state index contributed by atoms with van der Waals surface area (Å²) in [4.78, 5) is 12.8. The van der Waals surface area contributed by atoms with Crippen molar-refractivity contribution in [2.45, 2.75) is 31.1 Å². The summed E-state index contributed by atoms with van der Waals surface area (Å²) in [6.45, 7) is 5.37. The summed E-state index contributed by atoms with van der Waals surface area (Å²) in [5.74, 6) is -0.203. The molecule has 2 aromatic carbocycles. The average Bonchev–Trinajstić information content (AvgIpc) is 2.57. The maximum absolute atomic E-state index is 12.7. The van der Waals surface area contributed by atoms with Gasteiger partial charge >= 0.3 is 0 Å². The minimum atomic E-state index is -3.58. The van der Waals surface area contributed by atoms with Gasteiger partial charge in [-0.15, -0.1) is 0 Å². The van der Waals surface area contributed by atoms with Crippen LogP contribution >= 0.6 is 0 Å². The number of amides is 1. The first-order chi connectivity index (χ1) is 11.2. The summed E-state index contributed by atoms with van der Waals surface area (Å²) >= 11 is 0. The van der Waals surface area contributed by atoms with Crippen LogP contribution in [0.2, 0.25) is 0 Å². The second-order valence-electron chi connectivity index (χ2n) is 6.13. The Morgan fingerprint density at radius 2 is 1.67 bits per heavy atom. The molecule has 6 heteroatoms. The minimum Gasteiger partial charge on any atom is -0.325 e. The molecule has 0 aliphatic heterocycles. The van der Waals surface area contributed by atoms with Gasteiger partial charge in [0.1, 0.15) is 0 Å². The Morgan fingerprint density at radius 1 is 1.04 bits per heavy atom. The zero-order valence-electron chi connectivity index (χ0n) is 14.3. The second kappa shape index (κ2) is 6.75. The van der Waals surface area contributed by atoms with Crippen LogP contribution in [-0.2, 0) is 20.2 Å². The third-order valence-electron chi connectivity index (χ3n) is 4.07. The van der Waals surface area contributed by atoms with Gasteiger partial charge in [-0.25, -0.2) is 13.1 Å². The number of carbonyl (C=O) groups is 1. The predicted octanol–water partition coefficient (Wildman–Crippen LogP) is 2.82. The molecule has 0 saturated carbocycles. The van der Waals surface area contributed by atoms with Gasteiger partial charge in [0, 0.05) is 5.69 Å². The first-order valence-electron chi connectivity index (χ1n) is 7.59. The topological polar surface area (TPSA) is 75.3 Å². The third kappa shape index (κ3) is 3.66. The van der Waals surface area contributed by atoms with E-state index in [-0.39, 0.29) is 10.8 Å². The van der Waals surface area contributed by atoms with Crippen molar-refractivity contribution in [3.63, 3.8) is 0 Å². The number of hydrogen-bond donors (Lipinski definition) is 2. The molecule has 0 fully saturated rings. The summed E-state index contributed by atoms with van der Waals surface area (Å²) in [5.41, 5.74) is 1.21. The molecule has 0 atom stereocenters. The molecule has 24 heavy (non-hydrogen) atoms. The lowest BCUT2D eigenvalue weighted by Crippen LogP contribution is -2.34. The van der Waals surface area contributed by atoms with Crippen LogP contribution in [0.3, 0.4) is 0 Å². The number of rotatable bonds is 5. The van der Waals surface area contributed by atoms with Crippen LogP contribution in [0.1, 0.15) is 25.0 Å². The third-order valence-corrected chi connectivity index (χ3v) is 5.62. The van der Waals surface area contributed by atoms with Crippen molar-refractivity contribution in [1.82, 2.24) is 4.72 Å². The van der Waals surface area contributed by atoms with Crippen LogP contribution in [0, 0.1) is 6.92 Å². The largest absolute Gasteiger partial charge is 0.325 e. The summed E-state index contributed by atoms with van der Waals surface area (Å²) < 4.78 is 26.4. The van der Waals surface area contributed by atoms with Gasteiger partial charge in [-0.3, -0.25) is 4.79 Å². The van der Waals surface area contributed by atoms with Crippen molar-refractivity contribution in [3.8, 4) is 0 Å². The van der Waals surface area contributed by atoms with Crippen molar-refractivity contribution < 1.29 is 13.2 Å². The predicted molar refractivity (Wildman–Crippen MR) is 95.5 cm³/mol. The highest BCUT2D eigenvalue weighted by Crippen LogP contribution is 2.26. The van der Waals surface area contributed by atoms with Crippen LogP contribution in [0.15, 0.2) is 53.4 Å². The van der Waals surface area contributed by atoms with Crippen molar-refractivity contribution in [2.24, 2.45) is 0 Å². The van der Waals surface area contributed by atoms with Gasteiger partial charge in [0.25, 0.3) is 0 Å². The minimum absolute atomic E-state index is 0.153. The molecule has 0 aromatic heterocycles. The van der Waals surface area contributed by atoms with Gasteiger partial charge in [-0.2, -0.15) is 0 Å². The molecular weight excluding hydrogens is 324 g/mol. The van der Waals surface area contributed by atoms with E-state index in [2.05, 4.69) is 10.0 Å². The van der Waals surface area contributed by atoms with E-state index in [1.54, 1.807) is 19.1 Å². The van der Waals surface area contributed by atoms with Crippen molar-refractivity contribution in [3.05, 3.63) is 59.7 Å². The number of benzene rings is 2. The first kappa shape index (κ1) is 18.2. The highest BCUT2D eigenvalue weighted by molar-refractivity contribution is 7.89. The highest BCUT2D eigenvalue weighted by atomic mass is 32.2. The molecule has 0 bridgehead atoms. The maximum Gasteiger partial charge on any atom is 0.240 e. The summed E-state index contributed by atoms with van der Waals surface area (Å²) in [5, 5.41) is 2.81. The Balaban J connectivity index is 2.32. The maximum atomic E-state index is 12.7. The number of carbonyl (C=O) groups excluding carboxylic acids is 1. The molecular formula is C18H22N2O3S. The normalized spacial score (nSPS) is 12.0. The molecule has 0 radical (unpaired) electrons. The van der Waals surface area contributed by atoms with E-state index in [0.717, 1.165) is 5.56 Å². The van der Waals surface area contributed by atoms with Gasteiger partial charge in [0.2, 0.25) is 15.9 Å². The lowest BCUT2D eigenvalue weighted by atomic mass is 9.83. The van der Waals surface area contributed by atoms with E-state index in [9.17, 15) is 13.2 Å². The Hall–Kier alpha value is -2.18. The molecule has 2 N–H and O–H groups in total. The molecule has 2 aromatic rings. The van der Waals surface area contributed by atoms with E-state index >= 15 is 0 Å². The zero-order valence-corrected chi connectivity index (χ0v) is 15.1. The number of hydrogen-bond acceptors (Lipinski definition) is 3. The standard InChI is InChI=1S/C18H22N2O3S/c1-13-10-11-15(12-16(13)24(22,23)19-4)20-17(21)18(2,3)14-8-6-5-7-9-14/h5-12,19H,1-4H3,(H,20,21). The van der Waals surface area contributed by atoms with E-state index < -0.39 is 15.4 Å². The molecule has 1 amide bonds. The molecule has 0 heterocycles. The quantitative estimate of drug-likeness (QED) is 0.874. The molecule has 5 nitrogen and oxygen atoms in total. The van der Waals surface area contributed by atoms with E-state index in [1.165, 1.54) is 13.1 Å². The summed E-state index contributed by atoms with van der Waals surface area (Å²) in [6.07, 6.45) is 0. The second-order valence-corrected chi connectivity index (χ2v) is 7.99. The van der Waals surface area contributed by atoms with Crippen molar-refractivity contribution >= 4 is 21.6 Å². The fraction of sp³-hybridized carbons (Fsp3) is 0.278. The lowest BCUT2D eigenvalue weighted by molar-refractivity contribution is -0.120. The molecule has 0 unspecified atom stereocenters. The van der Waals surface area contributed by atoms with Gasteiger partial charge in [-0.05, 0) is 51.1 Å². The molecule has 0 aliphatic rings. The smallest absolute Gasteiger partial charge is 0.240 e. The summed E-state index contributed by atoms with van der Waals surface area (Å²) in [6, 6.07) is 14.3. The number of anilines is 1. The van der Waals surface area contributed by atoms with Gasteiger partial charge in [0.05, 0.1) is 10.3 Å². The van der Waals surface area contributed by atoms with Crippen LogP contribution < -0.4 is 10.0 Å². The van der Waals surface area contributed by atoms with E-state index in [1.807, 2.05) is 44.2 Å². The fourth-order valence-electron chi connectivity index (χ4n) is 2.35. The van der Waals surface area contributed by atoms with Gasteiger partial charge in [-0.1, -0.05) is 36.4 Å². The Morgan fingerprint density at radius 3 is 2.25 bits per heavy atom. The van der Waals surface area contributed by atoms with Crippen LogP contribution in [-0.4, -0.2) is 21.4 Å². The number of sulfonamides is 1. The molecule has 2 rings (SSSR count). The number of aryl methyl sites for hydroxylation is 1. The number of nitrogens with one attached hydrogen (secondary N) is 2. The fourth-order valence-corrected chi connectivity index (χ4v) is 3.34. The summed E-state index contributed by atoms with van der Waals surface area (Å²) in [7, 11) is -2.22.